The van der Waals surface area contributed by atoms with Gasteiger partial charge in [0.15, 0.2) is 5.69 Å². The zero-order valence-corrected chi connectivity index (χ0v) is 12.8. The number of likely N-dealkylation sites (tertiary alicyclic amines) is 1. The SMILES string of the molecule is CCOC(=O)C1CCN(C(=O)c2cc(C(C)C)on2)CC1. The number of hydrogen-bond acceptors (Lipinski definition) is 5. The van der Waals surface area contributed by atoms with E-state index in [-0.39, 0.29) is 23.7 Å². The van der Waals surface area contributed by atoms with Crippen molar-refractivity contribution in [1.82, 2.24) is 10.1 Å². The van der Waals surface area contributed by atoms with Gasteiger partial charge >= 0.3 is 5.97 Å². The molecule has 0 atom stereocenters. The molecule has 0 spiro atoms. The van der Waals surface area contributed by atoms with E-state index in [4.69, 9.17) is 9.26 Å². The summed E-state index contributed by atoms with van der Waals surface area (Å²) < 4.78 is 10.2. The van der Waals surface area contributed by atoms with Gasteiger partial charge in [-0.15, -0.1) is 0 Å². The molecule has 2 rings (SSSR count). The van der Waals surface area contributed by atoms with E-state index >= 15 is 0 Å². The zero-order valence-electron chi connectivity index (χ0n) is 12.8. The number of aromatic nitrogens is 1. The fourth-order valence-electron chi connectivity index (χ4n) is 2.40. The summed E-state index contributed by atoms with van der Waals surface area (Å²) in [6.45, 7) is 7.26. The molecular formula is C15H22N2O4. The Morgan fingerprint density at radius 2 is 2.10 bits per heavy atom. The van der Waals surface area contributed by atoms with Crippen LogP contribution < -0.4 is 0 Å². The zero-order chi connectivity index (χ0) is 15.4. The summed E-state index contributed by atoms with van der Waals surface area (Å²) in [4.78, 5) is 25.7. The van der Waals surface area contributed by atoms with E-state index in [9.17, 15) is 9.59 Å². The molecule has 1 aliphatic heterocycles. The first-order valence-electron chi connectivity index (χ1n) is 7.45. The average Bonchev–Trinajstić information content (AvgIpc) is 2.97. The number of amides is 1. The van der Waals surface area contributed by atoms with Gasteiger partial charge in [0.2, 0.25) is 0 Å². The minimum absolute atomic E-state index is 0.0995. The smallest absolute Gasteiger partial charge is 0.309 e. The summed E-state index contributed by atoms with van der Waals surface area (Å²) >= 11 is 0. The first kappa shape index (κ1) is 15.5. The van der Waals surface area contributed by atoms with Gasteiger partial charge in [0.1, 0.15) is 5.76 Å². The maximum atomic E-state index is 12.3. The molecule has 21 heavy (non-hydrogen) atoms. The fourth-order valence-corrected chi connectivity index (χ4v) is 2.40. The maximum absolute atomic E-state index is 12.3. The molecule has 0 saturated carbocycles. The molecule has 116 valence electrons. The third-order valence-electron chi connectivity index (χ3n) is 3.72. The van der Waals surface area contributed by atoms with Gasteiger partial charge in [-0.25, -0.2) is 0 Å². The molecule has 6 nitrogen and oxygen atoms in total. The first-order chi connectivity index (χ1) is 10.0. The Hall–Kier alpha value is -1.85. The second-order valence-electron chi connectivity index (χ2n) is 5.59. The predicted molar refractivity (Wildman–Crippen MR) is 75.9 cm³/mol. The van der Waals surface area contributed by atoms with E-state index in [0.29, 0.717) is 44.0 Å². The van der Waals surface area contributed by atoms with Crippen molar-refractivity contribution in [2.24, 2.45) is 5.92 Å². The molecule has 1 saturated heterocycles. The highest BCUT2D eigenvalue weighted by atomic mass is 16.5. The molecule has 1 aliphatic rings. The minimum Gasteiger partial charge on any atom is -0.466 e. The molecule has 1 aromatic heterocycles. The number of nitrogens with zero attached hydrogens (tertiary/aromatic N) is 2. The van der Waals surface area contributed by atoms with Crippen LogP contribution in [-0.4, -0.2) is 41.6 Å². The topological polar surface area (TPSA) is 72.6 Å². The summed E-state index contributed by atoms with van der Waals surface area (Å²) in [5.74, 6) is 0.520. The van der Waals surface area contributed by atoms with Crippen molar-refractivity contribution >= 4 is 11.9 Å². The van der Waals surface area contributed by atoms with Gasteiger partial charge in [-0.3, -0.25) is 9.59 Å². The Kier molecular flexibility index (Phi) is 4.98. The van der Waals surface area contributed by atoms with E-state index in [2.05, 4.69) is 5.16 Å². The molecule has 1 amide bonds. The van der Waals surface area contributed by atoms with Gasteiger partial charge in [-0.05, 0) is 19.8 Å². The van der Waals surface area contributed by atoms with E-state index < -0.39 is 0 Å². The predicted octanol–water partition coefficient (Wildman–Crippen LogP) is 2.21. The third kappa shape index (κ3) is 3.62. The molecule has 0 bridgehead atoms. The van der Waals surface area contributed by atoms with E-state index in [1.54, 1.807) is 17.9 Å². The summed E-state index contributed by atoms with van der Waals surface area (Å²) in [7, 11) is 0. The van der Waals surface area contributed by atoms with Gasteiger partial charge < -0.3 is 14.2 Å². The second-order valence-corrected chi connectivity index (χ2v) is 5.59. The number of carbonyl (C=O) groups is 2. The lowest BCUT2D eigenvalue weighted by Crippen LogP contribution is -2.40. The molecule has 0 aromatic carbocycles. The quantitative estimate of drug-likeness (QED) is 0.796. The van der Waals surface area contributed by atoms with Crippen LogP contribution in [0.15, 0.2) is 10.6 Å². The van der Waals surface area contributed by atoms with Gasteiger partial charge in [-0.2, -0.15) is 0 Å². The van der Waals surface area contributed by atoms with Crippen LogP contribution in [0.4, 0.5) is 0 Å². The molecular weight excluding hydrogens is 272 g/mol. The summed E-state index contributed by atoms with van der Waals surface area (Å²) in [5, 5.41) is 3.84. The maximum Gasteiger partial charge on any atom is 0.309 e. The Labute approximate surface area is 124 Å². The van der Waals surface area contributed by atoms with Crippen molar-refractivity contribution in [3.05, 3.63) is 17.5 Å². The van der Waals surface area contributed by atoms with Crippen molar-refractivity contribution in [3.8, 4) is 0 Å². The van der Waals surface area contributed by atoms with Crippen molar-refractivity contribution in [2.75, 3.05) is 19.7 Å². The molecule has 0 aliphatic carbocycles. The van der Waals surface area contributed by atoms with Gasteiger partial charge in [0.25, 0.3) is 5.91 Å². The molecule has 1 aromatic rings. The number of rotatable bonds is 4. The number of esters is 1. The lowest BCUT2D eigenvalue weighted by molar-refractivity contribution is -0.149. The fraction of sp³-hybridized carbons (Fsp3) is 0.667. The number of hydrogen-bond donors (Lipinski definition) is 0. The van der Waals surface area contributed by atoms with E-state index in [0.717, 1.165) is 0 Å². The summed E-state index contributed by atoms with van der Waals surface area (Å²) in [5.41, 5.74) is 0.341. The number of ether oxygens (including phenoxy) is 1. The van der Waals surface area contributed by atoms with Crippen LogP contribution in [0.1, 0.15) is 55.8 Å². The van der Waals surface area contributed by atoms with Crippen LogP contribution in [-0.2, 0) is 9.53 Å². The Morgan fingerprint density at radius 1 is 1.43 bits per heavy atom. The van der Waals surface area contributed by atoms with Crippen molar-refractivity contribution < 1.29 is 18.8 Å². The van der Waals surface area contributed by atoms with Gasteiger partial charge in [-0.1, -0.05) is 19.0 Å². The van der Waals surface area contributed by atoms with Crippen molar-refractivity contribution in [1.29, 1.82) is 0 Å². The molecule has 0 radical (unpaired) electrons. The molecule has 0 unspecified atom stereocenters. The van der Waals surface area contributed by atoms with Crippen LogP contribution >= 0.6 is 0 Å². The summed E-state index contributed by atoms with van der Waals surface area (Å²) in [6, 6.07) is 1.70. The van der Waals surface area contributed by atoms with Crippen LogP contribution in [0, 0.1) is 5.92 Å². The average molecular weight is 294 g/mol. The highest BCUT2D eigenvalue weighted by molar-refractivity contribution is 5.92. The molecule has 2 heterocycles. The third-order valence-corrected chi connectivity index (χ3v) is 3.72. The largest absolute Gasteiger partial charge is 0.466 e. The van der Waals surface area contributed by atoms with Gasteiger partial charge in [0, 0.05) is 25.1 Å². The highest BCUT2D eigenvalue weighted by Crippen LogP contribution is 2.21. The van der Waals surface area contributed by atoms with Crippen LogP contribution in [0.5, 0.6) is 0 Å². The van der Waals surface area contributed by atoms with Crippen LogP contribution in [0.2, 0.25) is 0 Å². The van der Waals surface area contributed by atoms with Crippen LogP contribution in [0.3, 0.4) is 0 Å². The normalized spacial score (nSPS) is 16.3. The monoisotopic (exact) mass is 294 g/mol. The molecule has 6 heteroatoms. The highest BCUT2D eigenvalue weighted by Gasteiger charge is 2.29. The lowest BCUT2D eigenvalue weighted by Gasteiger charge is -2.30. The number of carbonyl (C=O) groups excluding carboxylic acids is 2. The standard InChI is InChI=1S/C15H22N2O4/c1-4-20-15(19)11-5-7-17(8-6-11)14(18)12-9-13(10(2)3)21-16-12/h9-11H,4-8H2,1-3H3. The first-order valence-corrected chi connectivity index (χ1v) is 7.45. The number of piperidine rings is 1. The second kappa shape index (κ2) is 6.74. The Bertz CT molecular complexity index is 502. The van der Waals surface area contributed by atoms with Crippen molar-refractivity contribution in [3.63, 3.8) is 0 Å². The van der Waals surface area contributed by atoms with Gasteiger partial charge in [0.05, 0.1) is 12.5 Å². The van der Waals surface area contributed by atoms with Crippen molar-refractivity contribution in [2.45, 2.75) is 39.5 Å². The van der Waals surface area contributed by atoms with Crippen LogP contribution in [0.25, 0.3) is 0 Å². The summed E-state index contributed by atoms with van der Waals surface area (Å²) in [6.07, 6.45) is 1.28. The minimum atomic E-state index is -0.159. The Balaban J connectivity index is 1.92. The van der Waals surface area contributed by atoms with E-state index in [1.165, 1.54) is 0 Å². The lowest BCUT2D eigenvalue weighted by atomic mass is 9.97. The Morgan fingerprint density at radius 3 is 2.62 bits per heavy atom. The molecule has 1 fully saturated rings. The van der Waals surface area contributed by atoms with E-state index in [1.807, 2.05) is 13.8 Å². The molecule has 0 N–H and O–H groups in total.